The van der Waals surface area contributed by atoms with Gasteiger partial charge in [-0.25, -0.2) is 9.59 Å². The van der Waals surface area contributed by atoms with E-state index in [1.165, 1.54) is 58.3 Å². The number of carbonyl (C=O) groups is 8. The minimum atomic E-state index is -1.04. The molecular formula is C78H113AcO20-. The van der Waals surface area contributed by atoms with Gasteiger partial charge in [0.25, 0.3) is 0 Å². The number of esters is 5. The predicted octanol–water partition coefficient (Wildman–Crippen LogP) is 14.9. The SMILES string of the molecule is CC.CC(=O)Oc1c(C)c(C)c(C)c(C)c1/C=C/C(=O)O.CC(=O)Oc1c(C)c(C)c(C)c(C)c1CCC(=O)O.CO.CO.COC(=O)CCc1c(C)c(C)c(C)c(C)c1O.COC(=O)CCc1c(C)c(C)c(C)c(C)c1OC(C)=O.Cc1c(C)c(C)c(/C=C/C(=O)O)c(O)c1C.[Ac].[CH3-]. The van der Waals surface area contributed by atoms with Gasteiger partial charge in [-0.2, -0.15) is 0 Å². The van der Waals surface area contributed by atoms with E-state index < -0.39 is 23.9 Å². The van der Waals surface area contributed by atoms with E-state index in [4.69, 9.17) is 39.7 Å². The van der Waals surface area contributed by atoms with Crippen LogP contribution in [0.5, 0.6) is 28.7 Å². The van der Waals surface area contributed by atoms with Gasteiger partial charge in [-0.15, -0.1) is 0 Å². The number of benzene rings is 5. The van der Waals surface area contributed by atoms with Crippen LogP contribution in [0.4, 0.5) is 0 Å². The third-order valence-electron chi connectivity index (χ3n) is 17.4. The number of ether oxygens (including phenoxy) is 5. The number of rotatable bonds is 16. The summed E-state index contributed by atoms with van der Waals surface area (Å²) in [7, 11) is 4.74. The smallest absolute Gasteiger partial charge is 0.328 e. The molecule has 0 unspecified atom stereocenters. The Labute approximate surface area is 624 Å². The third kappa shape index (κ3) is 30.0. The molecule has 0 aliphatic rings. The van der Waals surface area contributed by atoms with Crippen molar-refractivity contribution in [2.45, 2.75) is 212 Å². The summed E-state index contributed by atoms with van der Waals surface area (Å²) in [6.45, 7) is 47.0. The maximum absolute atomic E-state index is 11.3. The van der Waals surface area contributed by atoms with Crippen molar-refractivity contribution >= 4 is 59.9 Å². The van der Waals surface area contributed by atoms with Crippen LogP contribution in [0.2, 0.25) is 0 Å². The largest absolute Gasteiger partial charge is 0.507 e. The number of carboxylic acids is 3. The molecule has 549 valence electrons. The van der Waals surface area contributed by atoms with Crippen molar-refractivity contribution in [1.82, 2.24) is 0 Å². The molecule has 99 heavy (non-hydrogen) atoms. The normalized spacial score (nSPS) is 9.89. The molecule has 0 aromatic heterocycles. The number of phenols is 2. The van der Waals surface area contributed by atoms with Crippen molar-refractivity contribution in [3.05, 3.63) is 159 Å². The topological polar surface area (TPSA) is 324 Å². The van der Waals surface area contributed by atoms with Crippen molar-refractivity contribution in [3.8, 4) is 28.7 Å². The van der Waals surface area contributed by atoms with Crippen molar-refractivity contribution < 1.29 is 142 Å². The summed E-state index contributed by atoms with van der Waals surface area (Å²) < 4.78 is 25.2. The zero-order valence-electron chi connectivity index (χ0n) is 64.6. The number of aliphatic carboxylic acids is 3. The summed E-state index contributed by atoms with van der Waals surface area (Å²) in [5, 5.41) is 60.2. The van der Waals surface area contributed by atoms with Gasteiger partial charge in [0.05, 0.1) is 14.2 Å². The van der Waals surface area contributed by atoms with E-state index in [1.54, 1.807) is 0 Å². The zero-order chi connectivity index (χ0) is 76.5. The van der Waals surface area contributed by atoms with E-state index >= 15 is 0 Å². The number of hydrogen-bond acceptors (Lipinski definition) is 17. The monoisotopic (exact) mass is 1600 g/mol. The Morgan fingerprint density at radius 3 is 0.889 bits per heavy atom. The molecule has 20 nitrogen and oxygen atoms in total. The van der Waals surface area contributed by atoms with Gasteiger partial charge in [0.2, 0.25) is 0 Å². The zero-order valence-corrected chi connectivity index (χ0v) is 69.3. The maximum Gasteiger partial charge on any atom is 0.328 e. The molecule has 0 spiro atoms. The van der Waals surface area contributed by atoms with E-state index in [1.807, 2.05) is 152 Å². The van der Waals surface area contributed by atoms with Crippen LogP contribution in [0.1, 0.15) is 193 Å². The molecule has 0 aliphatic heterocycles. The van der Waals surface area contributed by atoms with Gasteiger partial charge in [-0.05, 0) is 298 Å². The number of hydrogen-bond donors (Lipinski definition) is 7. The molecule has 0 saturated carbocycles. The third-order valence-corrected chi connectivity index (χ3v) is 17.4. The molecule has 0 atom stereocenters. The van der Waals surface area contributed by atoms with Crippen molar-refractivity contribution in [2.75, 3.05) is 28.4 Å². The minimum Gasteiger partial charge on any atom is -0.507 e. The van der Waals surface area contributed by atoms with Crippen LogP contribution in [0.25, 0.3) is 12.2 Å². The Kier molecular flexibility index (Phi) is 49.4. The number of aliphatic hydroxyl groups is 2. The molecule has 0 aliphatic carbocycles. The Bertz CT molecular complexity index is 3620. The van der Waals surface area contributed by atoms with Gasteiger partial charge in [-0.3, -0.25) is 28.8 Å². The quantitative estimate of drug-likeness (QED) is 0.0209. The van der Waals surface area contributed by atoms with Gasteiger partial charge < -0.3 is 66.9 Å². The van der Waals surface area contributed by atoms with E-state index in [0.29, 0.717) is 59.8 Å². The molecule has 0 amide bonds. The second-order valence-electron chi connectivity index (χ2n) is 22.6. The summed E-state index contributed by atoms with van der Waals surface area (Å²) in [6.07, 6.45) is 6.97. The molecule has 0 bridgehead atoms. The first kappa shape index (κ1) is 100.0. The van der Waals surface area contributed by atoms with Crippen LogP contribution in [-0.2, 0) is 67.1 Å². The molecule has 1 radical (unpaired) electrons. The summed E-state index contributed by atoms with van der Waals surface area (Å²) in [5.41, 5.74) is 24.2. The van der Waals surface area contributed by atoms with E-state index in [0.717, 1.165) is 143 Å². The molecular weight excluding hydrogens is 1480 g/mol. The van der Waals surface area contributed by atoms with E-state index in [-0.39, 0.29) is 94.0 Å². The number of aromatic hydroxyl groups is 2. The summed E-state index contributed by atoms with van der Waals surface area (Å²) >= 11 is 0. The second kappa shape index (κ2) is 48.9. The maximum atomic E-state index is 11.3. The van der Waals surface area contributed by atoms with Crippen LogP contribution < -0.4 is 14.2 Å². The summed E-state index contributed by atoms with van der Waals surface area (Å²) in [6, 6.07) is 0. The minimum absolute atomic E-state index is 0. The fraction of sp³-hybridized carbons (Fsp3) is 0.449. The number of carbonyl (C=O) groups excluding carboxylic acids is 5. The second-order valence-corrected chi connectivity index (χ2v) is 22.6. The Hall–Kier alpha value is -7.70. The average molecular weight is 1600 g/mol. The van der Waals surface area contributed by atoms with Gasteiger partial charge in [-0.1, -0.05) is 13.8 Å². The number of phenolic OH excluding ortho intramolecular Hbond substituents is 2. The standard InChI is InChI=1S/C16H22O4.C15H20O4.C15H18O4.C14H20O3.C13H16O3.C2H6.2CH4O.CH3.Ac/c1-9-10(2)12(4)16(20-13(5)17)14(11(9)3)7-8-15(18)19-6;2*1-8-9(2)11(4)15(19-12(5)16)13(10(8)3)6-7-14(17)18;1-8-9(2)11(4)14(16)12(10(8)3)6-7-13(15)17-5;1-7-8(2)10(4)13(16)11(9(7)3)5-6-12(14)15;3*1-2;;/h7-8H2,1-6H3;6-7H2,1-5H3,(H,17,18);6-7H,1-5H3,(H,17,18);16H,6-7H2,1-5H3;5-6,16H,1-4H3,(H,14,15);1-2H3;2*2H,1H3;1H3;/q;;;;;;;;-1;/b;;7-6+;;6-5+;;;;;. The van der Waals surface area contributed by atoms with E-state index in [9.17, 15) is 48.6 Å². The molecule has 0 heterocycles. The summed E-state index contributed by atoms with van der Waals surface area (Å²) in [4.78, 5) is 88.1. The molecule has 0 fully saturated rings. The van der Waals surface area contributed by atoms with Crippen LogP contribution >= 0.6 is 0 Å². The predicted molar refractivity (Wildman–Crippen MR) is 388 cm³/mol. The fourth-order valence-electron chi connectivity index (χ4n) is 10.1. The first-order chi connectivity index (χ1) is 45.0. The number of aliphatic hydroxyl groups excluding tert-OH is 2. The molecule has 5 aromatic rings. The van der Waals surface area contributed by atoms with Crippen LogP contribution in [0.3, 0.4) is 0 Å². The molecule has 7 N–H and O–H groups in total. The Balaban J connectivity index is -0.000000363. The Morgan fingerprint density at radius 2 is 0.576 bits per heavy atom. The number of methoxy groups -OCH3 is 2. The summed E-state index contributed by atoms with van der Waals surface area (Å²) in [5.74, 6) is -2.57. The van der Waals surface area contributed by atoms with Crippen molar-refractivity contribution in [3.63, 3.8) is 0 Å². The van der Waals surface area contributed by atoms with Crippen molar-refractivity contribution in [1.29, 1.82) is 0 Å². The van der Waals surface area contributed by atoms with Crippen molar-refractivity contribution in [2.24, 2.45) is 0 Å². The Morgan fingerprint density at radius 1 is 0.333 bits per heavy atom. The van der Waals surface area contributed by atoms with Gasteiger partial charge in [0.1, 0.15) is 28.7 Å². The molecule has 21 heteroatoms. The van der Waals surface area contributed by atoms with Gasteiger partial charge >= 0.3 is 47.8 Å². The molecule has 0 saturated heterocycles. The van der Waals surface area contributed by atoms with Crippen LogP contribution in [-0.4, -0.2) is 112 Å². The van der Waals surface area contributed by atoms with Gasteiger partial charge in [0, 0.05) is 122 Å². The fourth-order valence-corrected chi connectivity index (χ4v) is 10.1. The first-order valence-corrected chi connectivity index (χ1v) is 31.5. The number of carboxylic acid groups (broad SMARTS) is 3. The molecule has 5 aromatic carbocycles. The van der Waals surface area contributed by atoms with Crippen LogP contribution in [0.15, 0.2) is 12.2 Å². The van der Waals surface area contributed by atoms with E-state index in [2.05, 4.69) is 9.47 Å². The molecule has 5 rings (SSSR count). The van der Waals surface area contributed by atoms with Gasteiger partial charge in [0.15, 0.2) is 0 Å². The first-order valence-electron chi connectivity index (χ1n) is 31.5. The van der Waals surface area contributed by atoms with Crippen LogP contribution in [0, 0.1) is 190 Å². The average Bonchev–Trinajstić information content (AvgIpc) is 0.829.